The number of thiophene rings is 1. The minimum Gasteiger partial charge on any atom is -0.480 e. The maximum Gasteiger partial charge on any atom is 0.324 e. The maximum atomic E-state index is 10.8. The van der Waals surface area contributed by atoms with Gasteiger partial charge in [-0.25, -0.2) is 0 Å². The van der Waals surface area contributed by atoms with Crippen LogP contribution >= 0.6 is 11.3 Å². The number of carboxylic acid groups (broad SMARTS) is 1. The first-order chi connectivity index (χ1) is 8.43. The second kappa shape index (κ2) is 6.46. The standard InChI is InChI=1S/C11H16N2O4S/c1-3-8(2)12(7-11(14)15)6-9-4-5-10(18-9)13(16)17/h4-5,8H,3,6-7H2,1-2H3,(H,14,15). The molecule has 0 aromatic carbocycles. The first kappa shape index (κ1) is 14.6. The van der Waals surface area contributed by atoms with E-state index in [0.29, 0.717) is 6.54 Å². The van der Waals surface area contributed by atoms with E-state index >= 15 is 0 Å². The first-order valence-electron chi connectivity index (χ1n) is 5.63. The van der Waals surface area contributed by atoms with Gasteiger partial charge in [0.1, 0.15) is 0 Å². The zero-order valence-electron chi connectivity index (χ0n) is 10.3. The van der Waals surface area contributed by atoms with E-state index in [-0.39, 0.29) is 17.6 Å². The van der Waals surface area contributed by atoms with Gasteiger partial charge in [0.2, 0.25) is 0 Å². The van der Waals surface area contributed by atoms with Crippen molar-refractivity contribution in [2.45, 2.75) is 32.9 Å². The molecule has 1 N–H and O–H groups in total. The molecule has 0 aliphatic carbocycles. The molecule has 1 rings (SSSR count). The minimum atomic E-state index is -0.888. The van der Waals surface area contributed by atoms with Crippen molar-refractivity contribution in [3.8, 4) is 0 Å². The summed E-state index contributed by atoms with van der Waals surface area (Å²) in [6.45, 7) is 4.31. The van der Waals surface area contributed by atoms with Gasteiger partial charge < -0.3 is 5.11 Å². The van der Waals surface area contributed by atoms with Gasteiger partial charge in [0, 0.05) is 23.5 Å². The van der Waals surface area contributed by atoms with Crippen LogP contribution in [0.25, 0.3) is 0 Å². The fourth-order valence-corrected chi connectivity index (χ4v) is 2.40. The van der Waals surface area contributed by atoms with E-state index in [2.05, 4.69) is 0 Å². The minimum absolute atomic E-state index is 0.0549. The molecule has 1 atom stereocenters. The molecular formula is C11H16N2O4S. The summed E-state index contributed by atoms with van der Waals surface area (Å²) in [5.41, 5.74) is 0. The third-order valence-corrected chi connectivity index (χ3v) is 3.76. The molecule has 1 aromatic heterocycles. The van der Waals surface area contributed by atoms with Crippen molar-refractivity contribution in [3.05, 3.63) is 27.1 Å². The molecule has 0 aliphatic heterocycles. The summed E-state index contributed by atoms with van der Waals surface area (Å²) in [6, 6.07) is 3.26. The van der Waals surface area contributed by atoms with Crippen molar-refractivity contribution in [1.82, 2.24) is 4.90 Å². The average molecular weight is 272 g/mol. The molecule has 0 amide bonds. The van der Waals surface area contributed by atoms with Crippen molar-refractivity contribution in [3.63, 3.8) is 0 Å². The predicted octanol–water partition coefficient (Wildman–Crippen LogP) is 2.34. The summed E-state index contributed by atoms with van der Waals surface area (Å²) in [4.78, 5) is 23.5. The third kappa shape index (κ3) is 4.08. The molecule has 0 saturated carbocycles. The molecule has 100 valence electrons. The van der Waals surface area contributed by atoms with Crippen LogP contribution < -0.4 is 0 Å². The van der Waals surface area contributed by atoms with E-state index < -0.39 is 10.9 Å². The van der Waals surface area contributed by atoms with Crippen molar-refractivity contribution in [2.24, 2.45) is 0 Å². The Hall–Kier alpha value is -1.47. The topological polar surface area (TPSA) is 83.7 Å². The highest BCUT2D eigenvalue weighted by Gasteiger charge is 2.18. The Balaban J connectivity index is 2.75. The second-order valence-electron chi connectivity index (χ2n) is 4.05. The van der Waals surface area contributed by atoms with Crippen LogP contribution in [0.3, 0.4) is 0 Å². The lowest BCUT2D eigenvalue weighted by atomic mass is 10.2. The van der Waals surface area contributed by atoms with Crippen LogP contribution in [0.2, 0.25) is 0 Å². The Morgan fingerprint density at radius 2 is 2.28 bits per heavy atom. The number of rotatable bonds is 7. The van der Waals surface area contributed by atoms with Crippen LogP contribution in [0.15, 0.2) is 12.1 Å². The average Bonchev–Trinajstić information content (AvgIpc) is 2.75. The number of hydrogen-bond donors (Lipinski definition) is 1. The van der Waals surface area contributed by atoms with Gasteiger partial charge in [-0.05, 0) is 19.4 Å². The molecule has 0 radical (unpaired) electrons. The van der Waals surface area contributed by atoms with Gasteiger partial charge in [0.05, 0.1) is 11.5 Å². The normalized spacial score (nSPS) is 12.6. The van der Waals surface area contributed by atoms with E-state index in [1.165, 1.54) is 6.07 Å². The summed E-state index contributed by atoms with van der Waals surface area (Å²) in [5.74, 6) is -0.888. The summed E-state index contributed by atoms with van der Waals surface area (Å²) in [6.07, 6.45) is 0.834. The molecule has 0 bridgehead atoms. The largest absolute Gasteiger partial charge is 0.480 e. The van der Waals surface area contributed by atoms with Gasteiger partial charge in [0.25, 0.3) is 0 Å². The number of nitrogens with zero attached hydrogens (tertiary/aromatic N) is 2. The molecule has 0 saturated heterocycles. The summed E-state index contributed by atoms with van der Waals surface area (Å²) < 4.78 is 0. The van der Waals surface area contributed by atoms with Crippen molar-refractivity contribution in [1.29, 1.82) is 0 Å². The fraction of sp³-hybridized carbons (Fsp3) is 0.545. The fourth-order valence-electron chi connectivity index (χ4n) is 1.55. The molecule has 0 spiro atoms. The third-order valence-electron chi connectivity index (χ3n) is 2.74. The van der Waals surface area contributed by atoms with Gasteiger partial charge in [-0.3, -0.25) is 19.8 Å². The lowest BCUT2D eigenvalue weighted by molar-refractivity contribution is -0.380. The number of hydrogen-bond acceptors (Lipinski definition) is 5. The molecule has 1 aromatic rings. The van der Waals surface area contributed by atoms with Gasteiger partial charge in [-0.15, -0.1) is 0 Å². The van der Waals surface area contributed by atoms with Gasteiger partial charge in [-0.1, -0.05) is 18.3 Å². The van der Waals surface area contributed by atoms with Crippen molar-refractivity contribution in [2.75, 3.05) is 6.54 Å². The SMILES string of the molecule is CCC(C)N(CC(=O)O)Cc1ccc([N+](=O)[O-])s1. The number of nitro groups is 1. The van der Waals surface area contributed by atoms with Gasteiger partial charge >= 0.3 is 11.0 Å². The summed E-state index contributed by atoms with van der Waals surface area (Å²) in [7, 11) is 0. The van der Waals surface area contributed by atoms with Crippen molar-refractivity contribution < 1.29 is 14.8 Å². The second-order valence-corrected chi connectivity index (χ2v) is 5.20. The summed E-state index contributed by atoms with van der Waals surface area (Å²) in [5, 5.41) is 19.5. The lowest BCUT2D eigenvalue weighted by Gasteiger charge is -2.25. The Labute approximate surface area is 109 Å². The molecule has 1 unspecified atom stereocenters. The monoisotopic (exact) mass is 272 g/mol. The molecule has 18 heavy (non-hydrogen) atoms. The Kier molecular flexibility index (Phi) is 5.24. The number of carbonyl (C=O) groups is 1. The molecular weight excluding hydrogens is 256 g/mol. The molecule has 1 heterocycles. The van der Waals surface area contributed by atoms with E-state index in [4.69, 9.17) is 5.11 Å². The van der Waals surface area contributed by atoms with Crippen LogP contribution in [0.5, 0.6) is 0 Å². The van der Waals surface area contributed by atoms with Crippen LogP contribution in [-0.2, 0) is 11.3 Å². The lowest BCUT2D eigenvalue weighted by Crippen LogP contribution is -2.36. The van der Waals surface area contributed by atoms with Crippen molar-refractivity contribution >= 4 is 22.3 Å². The predicted molar refractivity (Wildman–Crippen MR) is 68.8 cm³/mol. The van der Waals surface area contributed by atoms with Gasteiger partial charge in [-0.2, -0.15) is 0 Å². The molecule has 6 nitrogen and oxygen atoms in total. The van der Waals surface area contributed by atoms with Gasteiger partial charge in [0.15, 0.2) is 0 Å². The Bertz CT molecular complexity index is 432. The highest BCUT2D eigenvalue weighted by atomic mass is 32.1. The highest BCUT2D eigenvalue weighted by molar-refractivity contribution is 7.15. The number of carboxylic acids is 1. The zero-order chi connectivity index (χ0) is 13.7. The molecule has 0 fully saturated rings. The van der Waals surface area contributed by atoms with Crippen LogP contribution in [0.4, 0.5) is 5.00 Å². The Morgan fingerprint density at radius 1 is 1.61 bits per heavy atom. The number of aliphatic carboxylic acids is 1. The maximum absolute atomic E-state index is 10.8. The van der Waals surface area contributed by atoms with Crippen LogP contribution in [-0.4, -0.2) is 33.5 Å². The van der Waals surface area contributed by atoms with Crippen LogP contribution in [0, 0.1) is 10.1 Å². The highest BCUT2D eigenvalue weighted by Crippen LogP contribution is 2.25. The molecule has 0 aliphatic rings. The molecule has 7 heteroatoms. The smallest absolute Gasteiger partial charge is 0.324 e. The Morgan fingerprint density at radius 3 is 2.72 bits per heavy atom. The van der Waals surface area contributed by atoms with E-state index in [1.807, 2.05) is 13.8 Å². The van der Waals surface area contributed by atoms with E-state index in [9.17, 15) is 14.9 Å². The summed E-state index contributed by atoms with van der Waals surface area (Å²) >= 11 is 1.09. The zero-order valence-corrected chi connectivity index (χ0v) is 11.1. The quantitative estimate of drug-likeness (QED) is 0.608. The van der Waals surface area contributed by atoms with E-state index in [0.717, 1.165) is 22.6 Å². The van der Waals surface area contributed by atoms with Crippen LogP contribution in [0.1, 0.15) is 25.1 Å². The first-order valence-corrected chi connectivity index (χ1v) is 6.44. The van der Waals surface area contributed by atoms with E-state index in [1.54, 1.807) is 11.0 Å².